The lowest BCUT2D eigenvalue weighted by Crippen LogP contribution is -2.62. The lowest BCUT2D eigenvalue weighted by molar-refractivity contribution is -0.166. The van der Waals surface area contributed by atoms with Gasteiger partial charge in [-0.25, -0.2) is 9.59 Å². The first kappa shape index (κ1) is 20.5. The van der Waals surface area contributed by atoms with Crippen LogP contribution in [0.1, 0.15) is 25.3 Å². The van der Waals surface area contributed by atoms with Crippen molar-refractivity contribution < 1.29 is 23.9 Å². The highest BCUT2D eigenvalue weighted by atomic mass is 32.2. The highest BCUT2D eigenvalue weighted by molar-refractivity contribution is 7.99. The van der Waals surface area contributed by atoms with Gasteiger partial charge < -0.3 is 14.4 Å². The fraction of sp³-hybridized carbons (Fsp3) is 0.476. The van der Waals surface area contributed by atoms with Gasteiger partial charge in [-0.3, -0.25) is 4.79 Å². The van der Waals surface area contributed by atoms with E-state index in [0.29, 0.717) is 6.42 Å². The van der Waals surface area contributed by atoms with Crippen molar-refractivity contribution in [3.63, 3.8) is 0 Å². The molecule has 28 heavy (non-hydrogen) atoms. The van der Waals surface area contributed by atoms with Gasteiger partial charge in [0.05, 0.1) is 13.0 Å². The third-order valence-electron chi connectivity index (χ3n) is 5.21. The molecule has 1 aromatic rings. The Morgan fingerprint density at radius 3 is 2.71 bits per heavy atom. The minimum Gasteiger partial charge on any atom is -0.466 e. The summed E-state index contributed by atoms with van der Waals surface area (Å²) < 4.78 is 10.1. The Morgan fingerprint density at radius 1 is 1.29 bits per heavy atom. The molecule has 6 nitrogen and oxygen atoms in total. The normalized spacial score (nSPS) is 26.1. The van der Waals surface area contributed by atoms with Crippen LogP contribution in [0, 0.1) is 5.92 Å². The molecule has 1 amide bonds. The number of hydrogen-bond donors (Lipinski definition) is 0. The smallest absolute Gasteiger partial charge is 0.330 e. The molecule has 2 fully saturated rings. The molecule has 0 spiro atoms. The molecule has 0 aromatic heterocycles. The van der Waals surface area contributed by atoms with Gasteiger partial charge in [-0.15, -0.1) is 0 Å². The minimum atomic E-state index is -0.535. The second-order valence-corrected chi connectivity index (χ2v) is 8.36. The van der Waals surface area contributed by atoms with Crippen molar-refractivity contribution in [2.75, 3.05) is 12.9 Å². The van der Waals surface area contributed by atoms with E-state index in [1.54, 1.807) is 22.7 Å². The number of amides is 1. The molecule has 2 aliphatic heterocycles. The van der Waals surface area contributed by atoms with E-state index in [0.717, 1.165) is 17.7 Å². The van der Waals surface area contributed by atoms with E-state index in [2.05, 4.69) is 4.74 Å². The van der Waals surface area contributed by atoms with Crippen molar-refractivity contribution in [3.05, 3.63) is 48.0 Å². The molecule has 2 heterocycles. The summed E-state index contributed by atoms with van der Waals surface area (Å²) in [6.45, 7) is 2.25. The maximum Gasteiger partial charge on any atom is 0.330 e. The van der Waals surface area contributed by atoms with Gasteiger partial charge in [0.25, 0.3) is 0 Å². The molecular formula is C21H25NO5S. The summed E-state index contributed by atoms with van der Waals surface area (Å²) in [6.07, 6.45) is 4.26. The fourth-order valence-corrected chi connectivity index (χ4v) is 5.07. The van der Waals surface area contributed by atoms with Crippen molar-refractivity contribution in [2.24, 2.45) is 5.92 Å². The average molecular weight is 404 g/mol. The van der Waals surface area contributed by atoms with Crippen LogP contribution in [0.5, 0.6) is 0 Å². The summed E-state index contributed by atoms with van der Waals surface area (Å²) in [5.74, 6) is -0.131. The number of β-lactam (4-membered cyclic amide) rings is 1. The summed E-state index contributed by atoms with van der Waals surface area (Å²) in [6, 6.07) is 9.00. The number of methoxy groups -OCH3 is 1. The first-order valence-corrected chi connectivity index (χ1v) is 10.5. The molecular weight excluding hydrogens is 378 g/mol. The molecule has 2 unspecified atom stereocenters. The molecule has 2 saturated heterocycles. The standard InChI is InChI=1S/C21H25NO5S/c1-3-28-17-12-16-15(10-7-11-18(23)26-2)20(24)22(16)19(17)21(25)27-13-14-8-5-4-6-9-14/h4-9,11,15-17,19H,3,10,12-13H2,1-2H3/t15?,16?,17-,19-/m0/s1. The minimum absolute atomic E-state index is 0.0214. The number of benzene rings is 1. The predicted octanol–water partition coefficient (Wildman–Crippen LogP) is 2.57. The van der Waals surface area contributed by atoms with Crippen molar-refractivity contribution >= 4 is 29.6 Å². The molecule has 0 N–H and O–H groups in total. The number of hydrogen-bond acceptors (Lipinski definition) is 6. The number of allylic oxidation sites excluding steroid dienone is 1. The number of esters is 2. The molecule has 3 rings (SSSR count). The lowest BCUT2D eigenvalue weighted by Gasteiger charge is -2.44. The van der Waals surface area contributed by atoms with Crippen LogP contribution in [-0.4, -0.2) is 52.9 Å². The molecule has 0 bridgehead atoms. The van der Waals surface area contributed by atoms with Gasteiger partial charge in [0, 0.05) is 17.4 Å². The Morgan fingerprint density at radius 2 is 2.04 bits per heavy atom. The number of rotatable bonds is 8. The zero-order valence-corrected chi connectivity index (χ0v) is 16.9. The maximum absolute atomic E-state index is 12.8. The zero-order chi connectivity index (χ0) is 20.1. The van der Waals surface area contributed by atoms with E-state index >= 15 is 0 Å². The van der Waals surface area contributed by atoms with E-state index in [1.807, 2.05) is 37.3 Å². The van der Waals surface area contributed by atoms with Gasteiger partial charge in [0.15, 0.2) is 0 Å². The van der Waals surface area contributed by atoms with Crippen LogP contribution in [0.3, 0.4) is 0 Å². The third-order valence-corrected chi connectivity index (χ3v) is 6.42. The topological polar surface area (TPSA) is 72.9 Å². The monoisotopic (exact) mass is 403 g/mol. The Balaban J connectivity index is 1.64. The largest absolute Gasteiger partial charge is 0.466 e. The molecule has 1 aromatic carbocycles. The second kappa shape index (κ2) is 9.28. The van der Waals surface area contributed by atoms with Gasteiger partial charge in [0.1, 0.15) is 12.6 Å². The van der Waals surface area contributed by atoms with E-state index in [-0.39, 0.29) is 35.7 Å². The zero-order valence-electron chi connectivity index (χ0n) is 16.1. The van der Waals surface area contributed by atoms with E-state index in [1.165, 1.54) is 13.2 Å². The number of thioether (sulfide) groups is 1. The van der Waals surface area contributed by atoms with Crippen molar-refractivity contribution in [3.8, 4) is 0 Å². The predicted molar refractivity (Wildman–Crippen MR) is 106 cm³/mol. The van der Waals surface area contributed by atoms with Gasteiger partial charge in [0.2, 0.25) is 5.91 Å². The number of carbonyl (C=O) groups is 3. The summed E-state index contributed by atoms with van der Waals surface area (Å²) in [5.41, 5.74) is 0.922. The van der Waals surface area contributed by atoms with E-state index in [4.69, 9.17) is 4.74 Å². The Bertz CT molecular complexity index is 750. The van der Waals surface area contributed by atoms with Crippen LogP contribution in [0.25, 0.3) is 0 Å². The molecule has 4 atom stereocenters. The highest BCUT2D eigenvalue weighted by Gasteiger charge is 2.59. The van der Waals surface area contributed by atoms with Gasteiger partial charge in [-0.1, -0.05) is 43.3 Å². The van der Waals surface area contributed by atoms with Crippen LogP contribution >= 0.6 is 11.8 Å². The van der Waals surface area contributed by atoms with Crippen molar-refractivity contribution in [1.82, 2.24) is 4.90 Å². The van der Waals surface area contributed by atoms with E-state index in [9.17, 15) is 14.4 Å². The van der Waals surface area contributed by atoms with Crippen LogP contribution in [0.2, 0.25) is 0 Å². The van der Waals surface area contributed by atoms with Gasteiger partial charge in [-0.2, -0.15) is 11.8 Å². The summed E-state index contributed by atoms with van der Waals surface area (Å²) >= 11 is 1.69. The van der Waals surface area contributed by atoms with Crippen LogP contribution in [0.4, 0.5) is 0 Å². The second-order valence-electron chi connectivity index (χ2n) is 6.85. The van der Waals surface area contributed by atoms with Crippen LogP contribution < -0.4 is 0 Å². The van der Waals surface area contributed by atoms with E-state index < -0.39 is 12.0 Å². The SMILES string of the molecule is CCS[C@H]1CC2C(CC=CC(=O)OC)C(=O)N2[C@@H]1C(=O)OCc1ccccc1. The first-order valence-electron chi connectivity index (χ1n) is 9.45. The van der Waals surface area contributed by atoms with Gasteiger partial charge in [-0.05, 0) is 24.2 Å². The molecule has 2 aliphatic rings. The number of fused-ring (bicyclic) bond motifs is 1. The first-order chi connectivity index (χ1) is 13.6. The average Bonchev–Trinajstić information content (AvgIpc) is 3.05. The Kier molecular flexibility index (Phi) is 6.78. The summed E-state index contributed by atoms with van der Waals surface area (Å²) in [4.78, 5) is 38.4. The van der Waals surface area contributed by atoms with Crippen molar-refractivity contribution in [1.29, 1.82) is 0 Å². The molecule has 0 radical (unpaired) electrons. The Labute approximate surface area is 169 Å². The number of carbonyl (C=O) groups excluding carboxylic acids is 3. The summed E-state index contributed by atoms with van der Waals surface area (Å²) in [7, 11) is 1.32. The van der Waals surface area contributed by atoms with Crippen LogP contribution in [0.15, 0.2) is 42.5 Å². The lowest BCUT2D eigenvalue weighted by atomic mass is 9.85. The molecule has 0 saturated carbocycles. The molecule has 7 heteroatoms. The quantitative estimate of drug-likeness (QED) is 0.377. The number of ether oxygens (including phenoxy) is 2. The van der Waals surface area contributed by atoms with Gasteiger partial charge >= 0.3 is 11.9 Å². The fourth-order valence-electron chi connectivity index (χ4n) is 3.89. The Hall–Kier alpha value is -2.28. The number of nitrogens with zero attached hydrogens (tertiary/aromatic N) is 1. The summed E-state index contributed by atoms with van der Waals surface area (Å²) in [5, 5.41) is 0.0387. The van der Waals surface area contributed by atoms with Crippen LogP contribution in [-0.2, 0) is 30.5 Å². The highest BCUT2D eigenvalue weighted by Crippen LogP contribution is 2.45. The maximum atomic E-state index is 12.8. The third kappa shape index (κ3) is 4.24. The van der Waals surface area contributed by atoms with Crippen molar-refractivity contribution in [2.45, 2.75) is 43.7 Å². The molecule has 0 aliphatic carbocycles. The molecule has 150 valence electrons.